The minimum atomic E-state index is -3.42. The molecule has 0 aliphatic carbocycles. The fraction of sp³-hybridized carbons (Fsp3) is 0.375. The normalized spacial score (nSPS) is 12.2. The summed E-state index contributed by atoms with van der Waals surface area (Å²) in [7, 11) is -0.302. The quantitative estimate of drug-likeness (QED) is 0.279. The predicted molar refractivity (Wildman–Crippen MR) is 137 cm³/mol. The molecular formula is C24H32N4O5S. The number of ether oxygens (including phenoxy) is 2. The molecule has 0 fully saturated rings. The Balaban J connectivity index is 1.98. The SMILES string of the molecule is CCNCCN(c1ccc(N=C(CC)c2c(O)[nH]c3cc(OC)c(OC)cc23)cc1)S(C)(=O)=O. The van der Waals surface area contributed by atoms with Crippen molar-refractivity contribution in [3.05, 3.63) is 42.0 Å². The molecule has 0 atom stereocenters. The molecule has 0 radical (unpaired) electrons. The van der Waals surface area contributed by atoms with Crippen LogP contribution in [0, 0.1) is 0 Å². The Morgan fingerprint density at radius 2 is 1.76 bits per heavy atom. The first-order valence-electron chi connectivity index (χ1n) is 11.1. The molecule has 0 bridgehead atoms. The zero-order valence-electron chi connectivity index (χ0n) is 20.2. The lowest BCUT2D eigenvalue weighted by Crippen LogP contribution is -2.36. The number of aromatic hydroxyl groups is 1. The van der Waals surface area contributed by atoms with Crippen LogP contribution < -0.4 is 19.1 Å². The number of methoxy groups -OCH3 is 2. The number of aromatic nitrogens is 1. The van der Waals surface area contributed by atoms with Crippen molar-refractivity contribution in [2.45, 2.75) is 20.3 Å². The van der Waals surface area contributed by atoms with Crippen LogP contribution in [0.1, 0.15) is 25.8 Å². The highest BCUT2D eigenvalue weighted by Gasteiger charge is 2.19. The highest BCUT2D eigenvalue weighted by Crippen LogP contribution is 2.37. The van der Waals surface area contributed by atoms with Crippen molar-refractivity contribution in [3.63, 3.8) is 0 Å². The van der Waals surface area contributed by atoms with E-state index in [9.17, 15) is 13.5 Å². The van der Waals surface area contributed by atoms with Gasteiger partial charge in [0.05, 0.1) is 48.6 Å². The average Bonchev–Trinajstić information content (AvgIpc) is 3.13. The Kier molecular flexibility index (Phi) is 8.06. The van der Waals surface area contributed by atoms with E-state index in [1.807, 2.05) is 19.9 Å². The van der Waals surface area contributed by atoms with Crippen LogP contribution in [0.15, 0.2) is 41.4 Å². The van der Waals surface area contributed by atoms with Crippen LogP contribution in [0.4, 0.5) is 11.4 Å². The molecule has 3 aromatic rings. The second kappa shape index (κ2) is 10.8. The number of hydrogen-bond donors (Lipinski definition) is 3. The summed E-state index contributed by atoms with van der Waals surface area (Å²) in [6, 6.07) is 10.6. The van der Waals surface area contributed by atoms with Gasteiger partial charge >= 0.3 is 0 Å². The van der Waals surface area contributed by atoms with Gasteiger partial charge in [0.2, 0.25) is 10.0 Å². The number of likely N-dealkylation sites (N-methyl/N-ethyl adjacent to an activating group) is 1. The van der Waals surface area contributed by atoms with Gasteiger partial charge in [-0.3, -0.25) is 9.30 Å². The van der Waals surface area contributed by atoms with E-state index in [1.165, 1.54) is 10.6 Å². The third-order valence-corrected chi connectivity index (χ3v) is 6.64. The fourth-order valence-corrected chi connectivity index (χ4v) is 4.73. The van der Waals surface area contributed by atoms with Crippen molar-refractivity contribution >= 4 is 38.0 Å². The minimum Gasteiger partial charge on any atom is -0.494 e. The lowest BCUT2D eigenvalue weighted by atomic mass is 10.1. The summed E-state index contributed by atoms with van der Waals surface area (Å²) in [5, 5.41) is 14.6. The van der Waals surface area contributed by atoms with Gasteiger partial charge in [0.15, 0.2) is 17.4 Å². The molecule has 0 spiro atoms. The van der Waals surface area contributed by atoms with Gasteiger partial charge in [-0.1, -0.05) is 13.8 Å². The highest BCUT2D eigenvalue weighted by molar-refractivity contribution is 7.92. The average molecular weight is 489 g/mol. The van der Waals surface area contributed by atoms with Crippen molar-refractivity contribution < 1.29 is 23.0 Å². The molecule has 184 valence electrons. The number of aliphatic imine (C=N–C) groups is 1. The Bertz CT molecular complexity index is 1270. The molecule has 3 rings (SSSR count). The van der Waals surface area contributed by atoms with E-state index in [1.54, 1.807) is 44.6 Å². The van der Waals surface area contributed by atoms with E-state index >= 15 is 0 Å². The zero-order valence-corrected chi connectivity index (χ0v) is 21.0. The van der Waals surface area contributed by atoms with Gasteiger partial charge < -0.3 is 24.9 Å². The Morgan fingerprint density at radius 1 is 1.12 bits per heavy atom. The second-order valence-electron chi connectivity index (χ2n) is 7.72. The van der Waals surface area contributed by atoms with Gasteiger partial charge in [0.1, 0.15) is 0 Å². The van der Waals surface area contributed by atoms with Crippen LogP contribution in [0.25, 0.3) is 10.9 Å². The van der Waals surface area contributed by atoms with Crippen LogP contribution in [-0.4, -0.2) is 64.3 Å². The van der Waals surface area contributed by atoms with E-state index in [-0.39, 0.29) is 5.88 Å². The number of fused-ring (bicyclic) bond motifs is 1. The maximum absolute atomic E-state index is 12.3. The number of sulfonamides is 1. The number of benzene rings is 2. The molecule has 0 aliphatic rings. The predicted octanol–water partition coefficient (Wildman–Crippen LogP) is 3.80. The van der Waals surface area contributed by atoms with E-state index in [0.29, 0.717) is 59.2 Å². The number of aromatic amines is 1. The van der Waals surface area contributed by atoms with Crippen LogP contribution >= 0.6 is 0 Å². The first kappa shape index (κ1) is 25.4. The van der Waals surface area contributed by atoms with Gasteiger partial charge in [-0.15, -0.1) is 0 Å². The number of hydrogen-bond acceptors (Lipinski definition) is 7. The van der Waals surface area contributed by atoms with Crippen LogP contribution in [0.2, 0.25) is 0 Å². The summed E-state index contributed by atoms with van der Waals surface area (Å²) in [5.41, 5.74) is 3.19. The van der Waals surface area contributed by atoms with Gasteiger partial charge in [-0.2, -0.15) is 0 Å². The van der Waals surface area contributed by atoms with Crippen LogP contribution in [0.3, 0.4) is 0 Å². The molecule has 0 amide bonds. The number of anilines is 1. The molecule has 10 heteroatoms. The standard InChI is InChI=1S/C24H32N4O5S/c1-6-19(23-18-14-21(32-3)22(33-4)15-20(18)27-24(23)29)26-16-8-10-17(11-9-16)28(34(5,30)31)13-12-25-7-2/h8-11,14-15,25,27,29H,6-7,12-13H2,1-5H3. The van der Waals surface area contributed by atoms with Crippen molar-refractivity contribution in [3.8, 4) is 17.4 Å². The molecule has 0 saturated carbocycles. The van der Waals surface area contributed by atoms with Crippen molar-refractivity contribution in [2.24, 2.45) is 4.99 Å². The first-order valence-corrected chi connectivity index (χ1v) is 12.9. The number of rotatable bonds is 11. The third-order valence-electron chi connectivity index (χ3n) is 5.45. The van der Waals surface area contributed by atoms with Crippen molar-refractivity contribution in [1.29, 1.82) is 0 Å². The summed E-state index contributed by atoms with van der Waals surface area (Å²) < 4.78 is 36.7. The Hall–Kier alpha value is -3.24. The molecule has 1 aromatic heterocycles. The zero-order chi connectivity index (χ0) is 24.9. The largest absolute Gasteiger partial charge is 0.494 e. The molecule has 34 heavy (non-hydrogen) atoms. The molecule has 0 saturated heterocycles. The molecule has 2 aromatic carbocycles. The van der Waals surface area contributed by atoms with E-state index in [0.717, 1.165) is 11.9 Å². The molecule has 0 unspecified atom stereocenters. The number of nitrogens with zero attached hydrogens (tertiary/aromatic N) is 2. The molecule has 9 nitrogen and oxygen atoms in total. The fourth-order valence-electron chi connectivity index (χ4n) is 3.80. The topological polar surface area (TPSA) is 116 Å². The smallest absolute Gasteiger partial charge is 0.232 e. The first-order chi connectivity index (χ1) is 16.2. The van der Waals surface area contributed by atoms with E-state index in [4.69, 9.17) is 14.5 Å². The minimum absolute atomic E-state index is 0.00852. The van der Waals surface area contributed by atoms with Crippen LogP contribution in [-0.2, 0) is 10.0 Å². The summed E-state index contributed by atoms with van der Waals surface area (Å²) in [4.78, 5) is 7.73. The lowest BCUT2D eigenvalue weighted by Gasteiger charge is -2.22. The second-order valence-corrected chi connectivity index (χ2v) is 9.63. The van der Waals surface area contributed by atoms with Crippen LogP contribution in [0.5, 0.6) is 17.4 Å². The highest BCUT2D eigenvalue weighted by atomic mass is 32.2. The van der Waals surface area contributed by atoms with Crippen molar-refractivity contribution in [1.82, 2.24) is 10.3 Å². The summed E-state index contributed by atoms with van der Waals surface area (Å²) in [6.07, 6.45) is 1.76. The molecule has 3 N–H and O–H groups in total. The van der Waals surface area contributed by atoms with Gasteiger partial charge in [-0.25, -0.2) is 8.42 Å². The van der Waals surface area contributed by atoms with Crippen molar-refractivity contribution in [2.75, 3.05) is 44.4 Å². The maximum Gasteiger partial charge on any atom is 0.232 e. The summed E-state index contributed by atoms with van der Waals surface area (Å²) in [5.74, 6) is 1.11. The number of nitrogens with one attached hydrogen (secondary N) is 2. The Labute approximate surface area is 200 Å². The van der Waals surface area contributed by atoms with E-state index < -0.39 is 10.0 Å². The molecular weight excluding hydrogens is 456 g/mol. The third kappa shape index (κ3) is 5.45. The number of H-pyrrole nitrogens is 1. The Morgan fingerprint density at radius 3 is 2.32 bits per heavy atom. The van der Waals surface area contributed by atoms with Gasteiger partial charge in [0.25, 0.3) is 0 Å². The van der Waals surface area contributed by atoms with Gasteiger partial charge in [0, 0.05) is 24.5 Å². The lowest BCUT2D eigenvalue weighted by molar-refractivity contribution is 0.356. The molecule has 0 aliphatic heterocycles. The molecule has 1 heterocycles. The van der Waals surface area contributed by atoms with Gasteiger partial charge in [-0.05, 0) is 43.3 Å². The maximum atomic E-state index is 12.3. The monoisotopic (exact) mass is 488 g/mol. The van der Waals surface area contributed by atoms with E-state index in [2.05, 4.69) is 10.3 Å². The summed E-state index contributed by atoms with van der Waals surface area (Å²) in [6.45, 7) is 5.59. The summed E-state index contributed by atoms with van der Waals surface area (Å²) >= 11 is 0.